The lowest BCUT2D eigenvalue weighted by Gasteiger charge is -2.15. The third-order valence-electron chi connectivity index (χ3n) is 2.72. The normalized spacial score (nSPS) is 12.0. The molecule has 1 aromatic rings. The molecule has 8 heteroatoms. The van der Waals surface area contributed by atoms with Crippen molar-refractivity contribution in [3.63, 3.8) is 0 Å². The summed E-state index contributed by atoms with van der Waals surface area (Å²) in [6.07, 6.45) is 0.778. The first kappa shape index (κ1) is 18.4. The largest absolute Gasteiger partial charge is 0.506 e. The van der Waals surface area contributed by atoms with Gasteiger partial charge in [0.1, 0.15) is 11.8 Å². The van der Waals surface area contributed by atoms with E-state index in [1.54, 1.807) is 6.07 Å². The second-order valence-electron chi connectivity index (χ2n) is 4.28. The maximum absolute atomic E-state index is 12.1. The number of phenols is 1. The number of nitrogens with one attached hydrogen (secondary N) is 1. The number of carboxylic acids is 1. The van der Waals surface area contributed by atoms with Crippen LogP contribution in [0.3, 0.4) is 0 Å². The van der Waals surface area contributed by atoms with E-state index in [9.17, 15) is 14.7 Å². The second-order valence-corrected chi connectivity index (χ2v) is 6.69. The molecule has 21 heavy (non-hydrogen) atoms. The molecule has 0 saturated carbocycles. The van der Waals surface area contributed by atoms with Crippen molar-refractivity contribution in [3.05, 3.63) is 24.8 Å². The number of aromatic hydroxyl groups is 1. The standard InChI is InChI=1S/C13H15I2NO5/c1-21-4-2-3-10(13(19)20)16-12(18)8-5-7(14)6-9(15)11(8)17/h5-6,10,17H,2-4H2,1H3,(H,16,18)(H,19,20). The molecule has 1 unspecified atom stereocenters. The third kappa shape index (κ3) is 5.58. The first-order chi connectivity index (χ1) is 9.86. The third-order valence-corrected chi connectivity index (χ3v) is 4.16. The van der Waals surface area contributed by atoms with Crippen LogP contribution in [-0.2, 0) is 9.53 Å². The Morgan fingerprint density at radius 3 is 2.62 bits per heavy atom. The molecule has 1 amide bonds. The number of amides is 1. The molecule has 1 aromatic carbocycles. The van der Waals surface area contributed by atoms with E-state index < -0.39 is 17.9 Å². The molecule has 0 aromatic heterocycles. The van der Waals surface area contributed by atoms with Gasteiger partial charge in [-0.2, -0.15) is 0 Å². The molecule has 0 saturated heterocycles. The first-order valence-corrected chi connectivity index (χ1v) is 8.23. The Morgan fingerprint density at radius 1 is 1.38 bits per heavy atom. The number of phenolic OH excluding ortho intramolecular Hbond substituents is 1. The van der Waals surface area contributed by atoms with Crippen molar-refractivity contribution in [2.45, 2.75) is 18.9 Å². The van der Waals surface area contributed by atoms with Gasteiger partial charge in [0.2, 0.25) is 0 Å². The molecule has 0 aliphatic rings. The predicted octanol–water partition coefficient (Wildman–Crippen LogP) is 2.21. The molecular weight excluding hydrogens is 504 g/mol. The number of carboxylic acid groups (broad SMARTS) is 1. The van der Waals surface area contributed by atoms with Crippen molar-refractivity contribution in [1.82, 2.24) is 5.32 Å². The number of halogens is 2. The lowest BCUT2D eigenvalue weighted by Crippen LogP contribution is -2.41. The molecule has 0 aliphatic carbocycles. The summed E-state index contributed by atoms with van der Waals surface area (Å²) in [5.41, 5.74) is 0.0734. The van der Waals surface area contributed by atoms with Crippen LogP contribution in [0.4, 0.5) is 0 Å². The molecule has 0 fully saturated rings. The fourth-order valence-corrected chi connectivity index (χ4v) is 3.51. The summed E-state index contributed by atoms with van der Waals surface area (Å²) in [5, 5.41) is 21.5. The zero-order valence-electron chi connectivity index (χ0n) is 11.2. The molecular formula is C13H15I2NO5. The molecule has 3 N–H and O–H groups in total. The van der Waals surface area contributed by atoms with Crippen LogP contribution >= 0.6 is 45.2 Å². The summed E-state index contributed by atoms with van der Waals surface area (Å²) in [6, 6.07) is 2.23. The fraction of sp³-hybridized carbons (Fsp3) is 0.385. The van der Waals surface area contributed by atoms with E-state index in [-0.39, 0.29) is 17.7 Å². The zero-order chi connectivity index (χ0) is 16.0. The van der Waals surface area contributed by atoms with E-state index in [1.807, 2.05) is 45.2 Å². The van der Waals surface area contributed by atoms with E-state index in [2.05, 4.69) is 5.32 Å². The molecule has 6 nitrogen and oxygen atoms in total. The van der Waals surface area contributed by atoms with Crippen molar-refractivity contribution in [1.29, 1.82) is 0 Å². The highest BCUT2D eigenvalue weighted by molar-refractivity contribution is 14.1. The van der Waals surface area contributed by atoms with E-state index in [0.29, 0.717) is 16.6 Å². The molecule has 1 rings (SSSR count). The van der Waals surface area contributed by atoms with E-state index in [1.165, 1.54) is 13.2 Å². The molecule has 116 valence electrons. The van der Waals surface area contributed by atoms with Crippen molar-refractivity contribution >= 4 is 57.1 Å². The highest BCUT2D eigenvalue weighted by atomic mass is 127. The van der Waals surface area contributed by atoms with Gasteiger partial charge in [-0.3, -0.25) is 4.79 Å². The summed E-state index contributed by atoms with van der Waals surface area (Å²) in [4.78, 5) is 23.3. The number of carbonyl (C=O) groups excluding carboxylic acids is 1. The molecule has 0 bridgehead atoms. The summed E-state index contributed by atoms with van der Waals surface area (Å²) in [5.74, 6) is -1.86. The Morgan fingerprint density at radius 2 is 2.05 bits per heavy atom. The van der Waals surface area contributed by atoms with Crippen molar-refractivity contribution in [2.24, 2.45) is 0 Å². The number of rotatable bonds is 7. The van der Waals surface area contributed by atoms with Gasteiger partial charge in [-0.15, -0.1) is 0 Å². The van der Waals surface area contributed by atoms with Gasteiger partial charge in [0, 0.05) is 17.3 Å². The van der Waals surface area contributed by atoms with Crippen molar-refractivity contribution in [3.8, 4) is 5.75 Å². The summed E-state index contributed by atoms with van der Waals surface area (Å²) in [6.45, 7) is 0.423. The number of hydrogen-bond acceptors (Lipinski definition) is 4. The maximum atomic E-state index is 12.1. The number of hydrogen-bond donors (Lipinski definition) is 3. The Hall–Kier alpha value is -0.620. The zero-order valence-corrected chi connectivity index (χ0v) is 15.5. The summed E-state index contributed by atoms with van der Waals surface area (Å²) < 4.78 is 6.19. The minimum absolute atomic E-state index is 0.0734. The molecule has 1 atom stereocenters. The van der Waals surface area contributed by atoms with Gasteiger partial charge in [0.15, 0.2) is 0 Å². The summed E-state index contributed by atoms with van der Waals surface area (Å²) in [7, 11) is 1.53. The van der Waals surface area contributed by atoms with Crippen LogP contribution < -0.4 is 5.32 Å². The quantitative estimate of drug-likeness (QED) is 0.380. The number of ether oxygens (including phenoxy) is 1. The summed E-state index contributed by atoms with van der Waals surface area (Å²) >= 11 is 3.94. The minimum Gasteiger partial charge on any atom is -0.506 e. The van der Waals surface area contributed by atoms with E-state index >= 15 is 0 Å². The van der Waals surface area contributed by atoms with Crippen molar-refractivity contribution < 1.29 is 24.5 Å². The van der Waals surface area contributed by atoms with Crippen LogP contribution in [0.5, 0.6) is 5.75 Å². The fourth-order valence-electron chi connectivity index (χ4n) is 1.66. The molecule has 0 spiro atoms. The Kier molecular flexibility index (Phi) is 7.66. The van der Waals surface area contributed by atoms with Gasteiger partial charge in [-0.1, -0.05) is 0 Å². The van der Waals surface area contributed by atoms with Crippen LogP contribution in [0.15, 0.2) is 12.1 Å². The number of carbonyl (C=O) groups is 2. The van der Waals surface area contributed by atoms with Gasteiger partial charge in [0.05, 0.1) is 9.13 Å². The van der Waals surface area contributed by atoms with Crippen LogP contribution in [0.2, 0.25) is 0 Å². The van der Waals surface area contributed by atoms with Crippen LogP contribution in [0.25, 0.3) is 0 Å². The highest BCUT2D eigenvalue weighted by Gasteiger charge is 2.22. The number of benzene rings is 1. The number of aliphatic carboxylic acids is 1. The van der Waals surface area contributed by atoms with E-state index in [4.69, 9.17) is 9.84 Å². The van der Waals surface area contributed by atoms with Gasteiger partial charge in [0.25, 0.3) is 5.91 Å². The van der Waals surface area contributed by atoms with Gasteiger partial charge in [-0.25, -0.2) is 4.79 Å². The predicted molar refractivity (Wildman–Crippen MR) is 93.5 cm³/mol. The average molecular weight is 519 g/mol. The molecule has 0 aliphatic heterocycles. The maximum Gasteiger partial charge on any atom is 0.326 e. The highest BCUT2D eigenvalue weighted by Crippen LogP contribution is 2.27. The van der Waals surface area contributed by atoms with Gasteiger partial charge < -0.3 is 20.3 Å². The van der Waals surface area contributed by atoms with Crippen LogP contribution in [-0.4, -0.2) is 41.8 Å². The van der Waals surface area contributed by atoms with Gasteiger partial charge >= 0.3 is 5.97 Å². The smallest absolute Gasteiger partial charge is 0.326 e. The Bertz CT molecular complexity index is 536. The second kappa shape index (κ2) is 8.73. The topological polar surface area (TPSA) is 95.9 Å². The minimum atomic E-state index is -1.11. The van der Waals surface area contributed by atoms with Gasteiger partial charge in [-0.05, 0) is 70.2 Å². The van der Waals surface area contributed by atoms with Crippen LogP contribution in [0, 0.1) is 7.14 Å². The molecule has 0 radical (unpaired) electrons. The lowest BCUT2D eigenvalue weighted by molar-refractivity contribution is -0.139. The number of methoxy groups -OCH3 is 1. The molecule has 0 heterocycles. The first-order valence-electron chi connectivity index (χ1n) is 6.07. The SMILES string of the molecule is COCCCC(NC(=O)c1cc(I)cc(I)c1O)C(=O)O. The Labute approximate surface area is 149 Å². The van der Waals surface area contributed by atoms with Crippen molar-refractivity contribution in [2.75, 3.05) is 13.7 Å². The van der Waals surface area contributed by atoms with Crippen LogP contribution in [0.1, 0.15) is 23.2 Å². The average Bonchev–Trinajstić information content (AvgIpc) is 2.41. The van der Waals surface area contributed by atoms with E-state index in [0.717, 1.165) is 3.57 Å². The Balaban J connectivity index is 2.85. The lowest BCUT2D eigenvalue weighted by atomic mass is 10.1. The monoisotopic (exact) mass is 519 g/mol.